The van der Waals surface area contributed by atoms with E-state index in [0.717, 1.165) is 5.56 Å². The summed E-state index contributed by atoms with van der Waals surface area (Å²) in [5, 5.41) is 29.2. The molecule has 4 rings (SSSR count). The fourth-order valence-corrected chi connectivity index (χ4v) is 4.59. The zero-order valence-electron chi connectivity index (χ0n) is 19.0. The Hall–Kier alpha value is -3.61. The van der Waals surface area contributed by atoms with E-state index in [1.165, 1.54) is 12.4 Å². The van der Waals surface area contributed by atoms with Gasteiger partial charge in [-0.2, -0.15) is 5.26 Å². The molecule has 0 amide bonds. The van der Waals surface area contributed by atoms with Crippen molar-refractivity contribution in [3.63, 3.8) is 0 Å². The van der Waals surface area contributed by atoms with E-state index < -0.39 is 16.5 Å². The van der Waals surface area contributed by atoms with E-state index in [9.17, 15) is 15.4 Å². The van der Waals surface area contributed by atoms with Crippen molar-refractivity contribution < 1.29 is 4.92 Å². The van der Waals surface area contributed by atoms with E-state index in [1.807, 2.05) is 0 Å². The molecule has 0 aliphatic carbocycles. The topological polar surface area (TPSA) is 117 Å². The first kappa shape index (κ1) is 26.5. The molecule has 0 spiro atoms. The van der Waals surface area contributed by atoms with Crippen LogP contribution in [0.4, 0.5) is 28.7 Å². The zero-order chi connectivity index (χ0) is 26.7. The maximum atomic E-state index is 12.0. The number of nitriles is 1. The van der Waals surface area contributed by atoms with Crippen LogP contribution in [0, 0.1) is 28.4 Å². The van der Waals surface area contributed by atoms with E-state index in [-0.39, 0.29) is 11.6 Å². The monoisotopic (exact) mass is 572 g/mol. The van der Waals surface area contributed by atoms with Gasteiger partial charge >= 0.3 is 5.69 Å². The van der Waals surface area contributed by atoms with Crippen molar-refractivity contribution in [1.82, 2.24) is 9.97 Å². The quantitative estimate of drug-likeness (QED) is 0.168. The van der Waals surface area contributed by atoms with Gasteiger partial charge in [-0.3, -0.25) is 10.1 Å². The first-order chi connectivity index (χ1) is 17.7. The SMILES string of the molecule is Cc1cc(C(C#N)c2ccc(Cl)cc2)c(Cl)cc1Nc1ncnc(Nc2cc(Cl)cc(Cl)c2)c1[N+](=O)[O-]. The summed E-state index contributed by atoms with van der Waals surface area (Å²) in [6, 6.07) is 17.2. The summed E-state index contributed by atoms with van der Waals surface area (Å²) in [7, 11) is 0. The van der Waals surface area contributed by atoms with Gasteiger partial charge in [0.25, 0.3) is 0 Å². The molecule has 0 aliphatic heterocycles. The molecule has 12 heteroatoms. The lowest BCUT2D eigenvalue weighted by molar-refractivity contribution is -0.383. The van der Waals surface area contributed by atoms with Crippen molar-refractivity contribution in [2.45, 2.75) is 12.8 Å². The molecule has 4 aromatic rings. The minimum Gasteiger partial charge on any atom is -0.334 e. The Bertz CT molecular complexity index is 1520. The molecule has 0 saturated carbocycles. The van der Waals surface area contributed by atoms with Crippen molar-refractivity contribution in [3.05, 3.63) is 108 Å². The molecular formula is C25H16Cl4N6O2. The number of anilines is 4. The standard InChI is InChI=1S/C25H16Cl4N6O2/c1-13-6-19(20(11-30)14-2-4-15(26)5-3-14)21(29)10-22(13)34-25-23(35(36)37)24(31-12-32-25)33-18-8-16(27)7-17(28)9-18/h2-10,12,20H,1H3,(H2,31,32,33,34). The molecule has 1 unspecified atom stereocenters. The van der Waals surface area contributed by atoms with Gasteiger partial charge in [0.05, 0.1) is 16.9 Å². The van der Waals surface area contributed by atoms with Crippen LogP contribution in [0.3, 0.4) is 0 Å². The summed E-state index contributed by atoms with van der Waals surface area (Å²) in [4.78, 5) is 19.5. The molecule has 1 atom stereocenters. The number of nitrogens with one attached hydrogen (secondary N) is 2. The van der Waals surface area contributed by atoms with Gasteiger partial charge in [0.15, 0.2) is 0 Å². The largest absolute Gasteiger partial charge is 0.353 e. The van der Waals surface area contributed by atoms with E-state index in [0.29, 0.717) is 42.6 Å². The fourth-order valence-electron chi connectivity index (χ4n) is 3.66. The van der Waals surface area contributed by atoms with Crippen molar-refractivity contribution in [3.8, 4) is 6.07 Å². The summed E-state index contributed by atoms with van der Waals surface area (Å²) in [5.41, 5.74) is 2.51. The molecule has 0 radical (unpaired) electrons. The van der Waals surface area contributed by atoms with Crippen LogP contribution in [-0.4, -0.2) is 14.9 Å². The molecule has 3 aromatic carbocycles. The number of hydrogen-bond acceptors (Lipinski definition) is 7. The molecule has 1 heterocycles. The molecule has 1 aromatic heterocycles. The van der Waals surface area contributed by atoms with Gasteiger partial charge in [0.2, 0.25) is 11.6 Å². The van der Waals surface area contributed by atoms with Crippen molar-refractivity contribution in [2.24, 2.45) is 0 Å². The Morgan fingerprint density at radius 2 is 1.54 bits per heavy atom. The number of halogens is 4. The summed E-state index contributed by atoms with van der Waals surface area (Å²) >= 11 is 24.6. The van der Waals surface area contributed by atoms with Crippen LogP contribution >= 0.6 is 46.4 Å². The van der Waals surface area contributed by atoms with Gasteiger partial charge in [-0.15, -0.1) is 0 Å². The number of aryl methyl sites for hydroxylation is 1. The highest BCUT2D eigenvalue weighted by molar-refractivity contribution is 6.35. The molecular weight excluding hydrogens is 558 g/mol. The third-order valence-electron chi connectivity index (χ3n) is 5.37. The van der Waals surface area contributed by atoms with Gasteiger partial charge in [-0.05, 0) is 60.0 Å². The van der Waals surface area contributed by atoms with Crippen molar-refractivity contribution >= 4 is 75.1 Å². The normalized spacial score (nSPS) is 11.5. The molecule has 0 aliphatic rings. The lowest BCUT2D eigenvalue weighted by Crippen LogP contribution is -2.07. The Kier molecular flexibility index (Phi) is 8.00. The van der Waals surface area contributed by atoms with Crippen molar-refractivity contribution in [1.29, 1.82) is 5.26 Å². The van der Waals surface area contributed by atoms with Crippen LogP contribution in [0.2, 0.25) is 20.1 Å². The van der Waals surface area contributed by atoms with Crippen LogP contribution in [0.15, 0.2) is 60.9 Å². The highest BCUT2D eigenvalue weighted by Crippen LogP contribution is 2.38. The summed E-state index contributed by atoms with van der Waals surface area (Å²) in [6.07, 6.45) is 1.18. The lowest BCUT2D eigenvalue weighted by Gasteiger charge is -2.17. The van der Waals surface area contributed by atoms with E-state index in [1.54, 1.807) is 55.5 Å². The third-order valence-corrected chi connectivity index (χ3v) is 6.39. The number of benzene rings is 3. The molecule has 2 N–H and O–H groups in total. The van der Waals surface area contributed by atoms with Gasteiger partial charge < -0.3 is 10.6 Å². The second-order valence-corrected chi connectivity index (χ2v) is 9.60. The fraction of sp³-hybridized carbons (Fsp3) is 0.0800. The predicted molar refractivity (Wildman–Crippen MR) is 147 cm³/mol. The number of nitrogens with zero attached hydrogens (tertiary/aromatic N) is 4. The van der Waals surface area contributed by atoms with E-state index >= 15 is 0 Å². The maximum absolute atomic E-state index is 12.0. The van der Waals surface area contributed by atoms with Gasteiger partial charge in [0, 0.05) is 31.5 Å². The Morgan fingerprint density at radius 1 is 0.919 bits per heavy atom. The van der Waals surface area contributed by atoms with Crippen molar-refractivity contribution in [2.75, 3.05) is 10.6 Å². The second-order valence-electron chi connectivity index (χ2n) is 7.89. The molecule has 0 saturated heterocycles. The minimum atomic E-state index is -0.633. The van der Waals surface area contributed by atoms with Crippen LogP contribution < -0.4 is 10.6 Å². The van der Waals surface area contributed by atoms with Crippen LogP contribution in [0.25, 0.3) is 0 Å². The number of hydrogen-bond donors (Lipinski definition) is 2. The molecule has 8 nitrogen and oxygen atoms in total. The molecule has 37 heavy (non-hydrogen) atoms. The number of nitro groups is 1. The minimum absolute atomic E-state index is 0.0583. The molecule has 0 bridgehead atoms. The number of rotatable bonds is 7. The highest BCUT2D eigenvalue weighted by atomic mass is 35.5. The number of aromatic nitrogens is 2. The smallest absolute Gasteiger partial charge is 0.334 e. The molecule has 0 fully saturated rings. The zero-order valence-corrected chi connectivity index (χ0v) is 22.0. The maximum Gasteiger partial charge on any atom is 0.353 e. The van der Waals surface area contributed by atoms with Gasteiger partial charge in [-0.1, -0.05) is 64.6 Å². The Balaban J connectivity index is 1.69. The highest BCUT2D eigenvalue weighted by Gasteiger charge is 2.25. The van der Waals surface area contributed by atoms with Crippen LogP contribution in [0.1, 0.15) is 22.6 Å². The summed E-state index contributed by atoms with van der Waals surface area (Å²) in [5.74, 6) is -0.753. The predicted octanol–water partition coefficient (Wildman–Crippen LogP) is 8.45. The summed E-state index contributed by atoms with van der Waals surface area (Å²) in [6.45, 7) is 1.79. The average molecular weight is 574 g/mol. The van der Waals surface area contributed by atoms with Crippen LogP contribution in [0.5, 0.6) is 0 Å². The average Bonchev–Trinajstić information content (AvgIpc) is 2.83. The Labute approximate surface area is 231 Å². The van der Waals surface area contributed by atoms with E-state index in [4.69, 9.17) is 46.4 Å². The second kappa shape index (κ2) is 11.2. The van der Waals surface area contributed by atoms with Gasteiger partial charge in [0.1, 0.15) is 6.33 Å². The van der Waals surface area contributed by atoms with E-state index in [2.05, 4.69) is 26.7 Å². The van der Waals surface area contributed by atoms with Crippen LogP contribution in [-0.2, 0) is 0 Å². The third kappa shape index (κ3) is 6.04. The summed E-state index contributed by atoms with van der Waals surface area (Å²) < 4.78 is 0. The first-order valence-corrected chi connectivity index (χ1v) is 12.1. The van der Waals surface area contributed by atoms with Gasteiger partial charge in [-0.25, -0.2) is 9.97 Å². The Morgan fingerprint density at radius 3 is 2.14 bits per heavy atom. The first-order valence-electron chi connectivity index (χ1n) is 10.6. The lowest BCUT2D eigenvalue weighted by atomic mass is 9.91. The molecule has 186 valence electrons.